The van der Waals surface area contributed by atoms with E-state index in [9.17, 15) is 24.0 Å². The van der Waals surface area contributed by atoms with Crippen molar-refractivity contribution in [3.63, 3.8) is 0 Å². The van der Waals surface area contributed by atoms with Crippen LogP contribution in [0, 0.1) is 0 Å². The molecule has 16 heteroatoms. The summed E-state index contributed by atoms with van der Waals surface area (Å²) in [6.07, 6.45) is 6.83. The predicted octanol–water partition coefficient (Wildman–Crippen LogP) is 11.0. The monoisotopic (exact) mass is 989 g/mol. The maximum Gasteiger partial charge on any atom is 0.250 e. The van der Waals surface area contributed by atoms with Gasteiger partial charge in [-0.1, -0.05) is 60.5 Å². The van der Waals surface area contributed by atoms with E-state index in [0.717, 1.165) is 42.1 Å². The first-order valence-corrected chi connectivity index (χ1v) is 18.7. The van der Waals surface area contributed by atoms with Gasteiger partial charge in [0.1, 0.15) is 0 Å². The van der Waals surface area contributed by atoms with Gasteiger partial charge in [-0.3, -0.25) is 24.0 Å². The molecule has 6 N–H and O–H groups in total. The van der Waals surface area contributed by atoms with Crippen LogP contribution in [0.4, 0.5) is 28.7 Å². The molecule has 0 spiro atoms. The second kappa shape index (κ2) is 26.6. The van der Waals surface area contributed by atoms with Crippen LogP contribution in [-0.2, 0) is 23.7 Å². The second-order valence-electron chi connectivity index (χ2n) is 12.6. The summed E-state index contributed by atoms with van der Waals surface area (Å²) in [4.78, 5) is 67.5. The molecule has 0 radical (unpaired) electrons. The molecule has 14 nitrogen and oxygen atoms in total. The third-order valence-electron chi connectivity index (χ3n) is 7.91. The predicted molar refractivity (Wildman–Crippen MR) is 273 cm³/mol. The number of amides is 2. The fourth-order valence-corrected chi connectivity index (χ4v) is 5.98. The number of aryl methyl sites for hydroxylation is 2. The molecule has 4 heterocycles. The summed E-state index contributed by atoms with van der Waals surface area (Å²) in [6, 6.07) is 26.3. The average molecular weight is 992 g/mol. The number of carbonyl (C=O) groups excluding carboxylic acids is 2. The smallest absolute Gasteiger partial charge is 0.250 e. The van der Waals surface area contributed by atoms with Crippen LogP contribution < -0.4 is 38.4 Å². The Balaban J connectivity index is 0. The number of pyridine rings is 3. The minimum absolute atomic E-state index is 0. The van der Waals surface area contributed by atoms with Crippen LogP contribution in [0.1, 0.15) is 58.4 Å². The molecule has 0 saturated carbocycles. The van der Waals surface area contributed by atoms with Crippen LogP contribution in [0.2, 0.25) is 0 Å². The molecule has 0 aliphatic heterocycles. The lowest BCUT2D eigenvalue weighted by atomic mass is 10.1. The molecule has 63 heavy (non-hydrogen) atoms. The first-order valence-electron chi connectivity index (χ1n) is 17.1. The number of nitrogens with zero attached hydrogens (tertiary/aromatic N) is 4. The van der Waals surface area contributed by atoms with E-state index in [1.54, 1.807) is 69.2 Å². The summed E-state index contributed by atoms with van der Waals surface area (Å²) in [5, 5.41) is 9.63. The molecular formula is C47H61Br2N9O5. The van der Waals surface area contributed by atoms with Crippen LogP contribution in [0.5, 0.6) is 0 Å². The van der Waals surface area contributed by atoms with Gasteiger partial charge in [-0.25, -0.2) is 9.97 Å². The highest BCUT2D eigenvalue weighted by molar-refractivity contribution is 9.10. The second-order valence-corrected chi connectivity index (χ2v) is 14.5. The third kappa shape index (κ3) is 17.3. The first-order chi connectivity index (χ1) is 27.1. The fraction of sp³-hybridized carbons (Fsp3) is 0.213. The normalized spacial score (nSPS) is 9.37. The van der Waals surface area contributed by atoms with E-state index < -0.39 is 0 Å². The highest BCUT2D eigenvalue weighted by atomic mass is 79.9. The van der Waals surface area contributed by atoms with Crippen molar-refractivity contribution in [3.8, 4) is 22.3 Å². The van der Waals surface area contributed by atoms with E-state index in [2.05, 4.69) is 62.8 Å². The number of hydrogen-bond acceptors (Lipinski definition) is 9. The molecule has 0 aliphatic rings. The van der Waals surface area contributed by atoms with Gasteiger partial charge in [0.25, 0.3) is 0 Å². The summed E-state index contributed by atoms with van der Waals surface area (Å²) in [7, 11) is 3.39. The summed E-state index contributed by atoms with van der Waals surface area (Å²) < 4.78 is 4.86. The Hall–Kier alpha value is -6.65. The maximum absolute atomic E-state index is 11.7. The number of rotatable bonds is 6. The van der Waals surface area contributed by atoms with Gasteiger partial charge in [0.2, 0.25) is 34.4 Å². The fourth-order valence-electron chi connectivity index (χ4n) is 5.35. The van der Waals surface area contributed by atoms with Gasteiger partial charge in [-0.2, -0.15) is 0 Å². The largest absolute Gasteiger partial charge is 0.399 e. The number of nitrogens with two attached hydrogens (primary N) is 1. The Kier molecular flexibility index (Phi) is 24.7. The SMILES string of the molecule is C.C.C.C.C.C.CC(=O)Nc1cc(N)cc(-c2ccc(=O)n(C)c2)c1.CC(=O)Nc1cc(Nc2ncc3cc(Br)ccc3n2)cc(-c2ccc(=O)n(C)c2)c1.O=c1ccc(Br)c[nH]1. The average Bonchev–Trinajstić information content (AvgIpc) is 3.15. The number of aromatic nitrogens is 5. The van der Waals surface area contributed by atoms with Crippen molar-refractivity contribution in [1.82, 2.24) is 24.1 Å². The van der Waals surface area contributed by atoms with Crippen LogP contribution in [0.15, 0.2) is 139 Å². The molecule has 4 aromatic heterocycles. The zero-order chi connectivity index (χ0) is 41.2. The number of carbonyl (C=O) groups is 2. The molecule has 7 aromatic rings. The van der Waals surface area contributed by atoms with Gasteiger partial charge in [-0.15, -0.1) is 0 Å². The number of halogens is 2. The maximum atomic E-state index is 11.7. The molecule has 3 aromatic carbocycles. The third-order valence-corrected chi connectivity index (χ3v) is 8.90. The number of nitrogens with one attached hydrogen (secondary N) is 4. The molecule has 0 fully saturated rings. The number of fused-ring (bicyclic) bond motifs is 1. The minimum Gasteiger partial charge on any atom is -0.399 e. The Morgan fingerprint density at radius 2 is 1.13 bits per heavy atom. The zero-order valence-corrected chi connectivity index (χ0v) is 34.3. The standard InChI is InChI=1S/C22H18BrN5O2.C14H15N3O2.C5H4BrNO.6CH4/c1-13(29)25-18-8-15(14-3-6-21(30)28(2)12-14)9-19(10-18)26-22-24-11-16-7-17(23)4-5-20(16)27-22;1-9(18)16-13-6-11(5-12(15)7-13)10-3-4-14(19)17(2)8-10;6-4-1-2-5(8)7-3-4;;;;;;/h3-12H,1-2H3,(H,25,29)(H,24,26,27);3-8H,15H2,1-2H3,(H,16,18);1-3H,(H,7,8);6*1H4. The van der Waals surface area contributed by atoms with E-state index in [1.165, 1.54) is 41.2 Å². The minimum atomic E-state index is -0.175. The Morgan fingerprint density at radius 1 is 0.619 bits per heavy atom. The van der Waals surface area contributed by atoms with Crippen molar-refractivity contribution in [2.75, 3.05) is 21.7 Å². The molecule has 0 unspecified atom stereocenters. The number of anilines is 5. The van der Waals surface area contributed by atoms with Crippen molar-refractivity contribution in [1.29, 1.82) is 0 Å². The van der Waals surface area contributed by atoms with Crippen LogP contribution >= 0.6 is 31.9 Å². The lowest BCUT2D eigenvalue weighted by molar-refractivity contribution is -0.115. The number of aromatic amines is 1. The summed E-state index contributed by atoms with van der Waals surface area (Å²) in [6.45, 7) is 2.89. The number of nitrogen functional groups attached to an aromatic ring is 1. The van der Waals surface area contributed by atoms with Gasteiger partial charge in [0, 0.05) is 108 Å². The van der Waals surface area contributed by atoms with E-state index in [0.29, 0.717) is 28.7 Å². The lowest BCUT2D eigenvalue weighted by Gasteiger charge is -2.12. The van der Waals surface area contributed by atoms with E-state index in [4.69, 9.17) is 5.73 Å². The Bertz CT molecular complexity index is 2760. The highest BCUT2D eigenvalue weighted by Gasteiger charge is 2.09. The molecule has 7 rings (SSSR count). The topological polar surface area (TPSA) is 199 Å². The highest BCUT2D eigenvalue weighted by Crippen LogP contribution is 2.29. The van der Waals surface area contributed by atoms with Crippen molar-refractivity contribution in [2.24, 2.45) is 14.1 Å². The van der Waals surface area contributed by atoms with Gasteiger partial charge >= 0.3 is 0 Å². The number of benzene rings is 3. The van der Waals surface area contributed by atoms with E-state index >= 15 is 0 Å². The lowest BCUT2D eigenvalue weighted by Crippen LogP contribution is -2.14. The molecule has 0 saturated heterocycles. The summed E-state index contributed by atoms with van der Waals surface area (Å²) >= 11 is 6.62. The number of H-pyrrole nitrogens is 1. The molecule has 0 atom stereocenters. The molecule has 338 valence electrons. The van der Waals surface area contributed by atoms with Crippen LogP contribution in [-0.4, -0.2) is 35.9 Å². The van der Waals surface area contributed by atoms with E-state index in [-0.39, 0.29) is 73.1 Å². The Morgan fingerprint density at radius 3 is 1.62 bits per heavy atom. The quantitative estimate of drug-likeness (QED) is 0.101. The molecular weight excluding hydrogens is 930 g/mol. The van der Waals surface area contributed by atoms with Gasteiger partial charge < -0.3 is 35.8 Å². The van der Waals surface area contributed by atoms with Gasteiger partial charge in [-0.05, 0) is 111 Å². The van der Waals surface area contributed by atoms with Gasteiger partial charge in [0.05, 0.1) is 5.52 Å². The van der Waals surface area contributed by atoms with Crippen molar-refractivity contribution in [2.45, 2.75) is 58.4 Å². The van der Waals surface area contributed by atoms with Crippen LogP contribution in [0.3, 0.4) is 0 Å². The summed E-state index contributed by atoms with van der Waals surface area (Å²) in [5.41, 5.74) is 12.3. The first kappa shape index (κ1) is 58.4. The molecule has 2 amide bonds. The van der Waals surface area contributed by atoms with E-state index in [1.807, 2.05) is 42.5 Å². The zero-order valence-electron chi connectivity index (χ0n) is 31.1. The van der Waals surface area contributed by atoms with Crippen LogP contribution in [0.25, 0.3) is 33.2 Å². The van der Waals surface area contributed by atoms with Gasteiger partial charge in [0.15, 0.2) is 0 Å². The van der Waals surface area contributed by atoms with Crippen molar-refractivity contribution < 1.29 is 9.59 Å². The summed E-state index contributed by atoms with van der Waals surface area (Å²) in [5.74, 6) is 0.110. The Labute approximate surface area is 387 Å². The molecule has 0 aliphatic carbocycles. The number of hydrogen-bond donors (Lipinski definition) is 5. The molecule has 0 bridgehead atoms. The van der Waals surface area contributed by atoms with Crippen molar-refractivity contribution >= 4 is 83.3 Å². The van der Waals surface area contributed by atoms with Crippen molar-refractivity contribution in [3.05, 3.63) is 156 Å².